The van der Waals surface area contributed by atoms with E-state index in [4.69, 9.17) is 4.74 Å². The van der Waals surface area contributed by atoms with E-state index in [0.717, 1.165) is 21.9 Å². The van der Waals surface area contributed by atoms with E-state index in [9.17, 15) is 4.39 Å². The van der Waals surface area contributed by atoms with Crippen LogP contribution in [0.25, 0.3) is 11.0 Å². The maximum atomic E-state index is 12.8. The van der Waals surface area contributed by atoms with Crippen molar-refractivity contribution in [1.82, 2.24) is 9.55 Å². The summed E-state index contributed by atoms with van der Waals surface area (Å²) in [5.74, 6) is 1.22. The van der Waals surface area contributed by atoms with Crippen molar-refractivity contribution in [2.45, 2.75) is 5.16 Å². The van der Waals surface area contributed by atoms with E-state index in [1.54, 1.807) is 23.9 Å². The molecule has 0 amide bonds. The van der Waals surface area contributed by atoms with Crippen molar-refractivity contribution in [2.75, 3.05) is 12.4 Å². The highest BCUT2D eigenvalue weighted by atomic mass is 32.2. The first kappa shape index (κ1) is 13.9. The Morgan fingerprint density at radius 1 is 1.14 bits per heavy atom. The molecule has 3 nitrogen and oxygen atoms in total. The first-order valence-corrected chi connectivity index (χ1v) is 7.65. The van der Waals surface area contributed by atoms with Crippen LogP contribution in [-0.4, -0.2) is 21.9 Å². The third-order valence-corrected chi connectivity index (χ3v) is 4.14. The Morgan fingerprint density at radius 3 is 2.67 bits per heavy atom. The van der Waals surface area contributed by atoms with Crippen LogP contribution < -0.4 is 4.74 Å². The van der Waals surface area contributed by atoms with Gasteiger partial charge in [-0.2, -0.15) is 0 Å². The molecule has 0 N–H and O–H groups in total. The summed E-state index contributed by atoms with van der Waals surface area (Å²) in [4.78, 5) is 4.59. The fourth-order valence-corrected chi connectivity index (χ4v) is 2.88. The maximum Gasteiger partial charge on any atom is 0.168 e. The molecule has 3 aromatic rings. The van der Waals surface area contributed by atoms with E-state index in [2.05, 4.69) is 15.6 Å². The zero-order valence-electron chi connectivity index (χ0n) is 11.6. The molecule has 108 valence electrons. The van der Waals surface area contributed by atoms with Gasteiger partial charge in [0.25, 0.3) is 0 Å². The Balaban J connectivity index is 1.57. The van der Waals surface area contributed by atoms with Gasteiger partial charge in [0.15, 0.2) is 5.16 Å². The molecular formula is C16H15FN2OS. The lowest BCUT2D eigenvalue weighted by Gasteiger charge is -2.06. The van der Waals surface area contributed by atoms with Crippen molar-refractivity contribution in [3.8, 4) is 5.75 Å². The number of para-hydroxylation sites is 2. The minimum atomic E-state index is -0.253. The summed E-state index contributed by atoms with van der Waals surface area (Å²) in [5.41, 5.74) is 2.13. The number of aryl methyl sites for hydroxylation is 1. The monoisotopic (exact) mass is 302 g/mol. The van der Waals surface area contributed by atoms with Crippen LogP contribution in [0.3, 0.4) is 0 Å². The van der Waals surface area contributed by atoms with Crippen LogP contribution in [0.4, 0.5) is 4.39 Å². The second kappa shape index (κ2) is 6.18. The average molecular weight is 302 g/mol. The molecule has 0 aliphatic carbocycles. The molecule has 0 saturated heterocycles. The first-order valence-electron chi connectivity index (χ1n) is 6.66. The number of aromatic nitrogens is 2. The van der Waals surface area contributed by atoms with Gasteiger partial charge in [0, 0.05) is 12.8 Å². The Kier molecular flexibility index (Phi) is 4.10. The summed E-state index contributed by atoms with van der Waals surface area (Å²) in [5, 5.41) is 0.971. The van der Waals surface area contributed by atoms with Gasteiger partial charge in [-0.25, -0.2) is 9.37 Å². The van der Waals surface area contributed by atoms with Crippen molar-refractivity contribution in [1.29, 1.82) is 0 Å². The highest BCUT2D eigenvalue weighted by Crippen LogP contribution is 2.22. The van der Waals surface area contributed by atoms with Crippen molar-refractivity contribution in [3.05, 3.63) is 54.3 Å². The molecule has 0 bridgehead atoms. The summed E-state index contributed by atoms with van der Waals surface area (Å²) in [6.07, 6.45) is 0. The molecule has 0 aliphatic rings. The number of nitrogens with zero attached hydrogens (tertiary/aromatic N) is 2. The molecule has 5 heteroatoms. The van der Waals surface area contributed by atoms with Gasteiger partial charge in [-0.15, -0.1) is 0 Å². The van der Waals surface area contributed by atoms with Gasteiger partial charge in [-0.1, -0.05) is 23.9 Å². The summed E-state index contributed by atoms with van der Waals surface area (Å²) in [6.45, 7) is 0.555. The molecule has 1 aromatic heterocycles. The molecule has 21 heavy (non-hydrogen) atoms. The third-order valence-electron chi connectivity index (χ3n) is 3.14. The summed E-state index contributed by atoms with van der Waals surface area (Å²) >= 11 is 1.65. The van der Waals surface area contributed by atoms with Gasteiger partial charge < -0.3 is 9.30 Å². The molecule has 2 aromatic carbocycles. The lowest BCUT2D eigenvalue weighted by Crippen LogP contribution is -2.01. The lowest BCUT2D eigenvalue weighted by molar-refractivity contribution is 0.343. The standard InChI is InChI=1S/C16H15FN2OS/c1-19-15-5-3-2-4-14(15)18-16(19)21-11-10-20-13-8-6-12(17)7-9-13/h2-9H,10-11H2,1H3. The second-order valence-electron chi connectivity index (χ2n) is 4.59. The third kappa shape index (κ3) is 3.19. The van der Waals surface area contributed by atoms with Crippen LogP contribution in [0.5, 0.6) is 5.75 Å². The van der Waals surface area contributed by atoms with E-state index < -0.39 is 0 Å². The van der Waals surface area contributed by atoms with Crippen molar-refractivity contribution < 1.29 is 9.13 Å². The fourth-order valence-electron chi connectivity index (χ4n) is 2.08. The second-order valence-corrected chi connectivity index (χ2v) is 5.66. The smallest absolute Gasteiger partial charge is 0.168 e. The number of thioether (sulfide) groups is 1. The Hall–Kier alpha value is -2.01. The van der Waals surface area contributed by atoms with E-state index in [1.165, 1.54) is 12.1 Å². The Bertz CT molecular complexity index is 740. The predicted octanol–water partition coefficient (Wildman–Crippen LogP) is 3.88. The first-order chi connectivity index (χ1) is 10.2. The van der Waals surface area contributed by atoms with Gasteiger partial charge in [-0.3, -0.25) is 0 Å². The molecule has 0 spiro atoms. The number of hydrogen-bond acceptors (Lipinski definition) is 3. The summed E-state index contributed by atoms with van der Waals surface area (Å²) in [6, 6.07) is 14.1. The molecule has 0 unspecified atom stereocenters. The Morgan fingerprint density at radius 2 is 1.90 bits per heavy atom. The van der Waals surface area contributed by atoms with Gasteiger partial charge in [0.1, 0.15) is 11.6 Å². The minimum absolute atomic E-state index is 0.253. The molecule has 0 radical (unpaired) electrons. The number of rotatable bonds is 5. The van der Waals surface area contributed by atoms with Crippen LogP contribution in [0.15, 0.2) is 53.7 Å². The fraction of sp³-hybridized carbons (Fsp3) is 0.188. The van der Waals surface area contributed by atoms with Gasteiger partial charge >= 0.3 is 0 Å². The molecule has 1 heterocycles. The van der Waals surface area contributed by atoms with Gasteiger partial charge in [-0.05, 0) is 36.4 Å². The summed E-state index contributed by atoms with van der Waals surface area (Å²) in [7, 11) is 2.01. The predicted molar refractivity (Wildman–Crippen MR) is 83.3 cm³/mol. The highest BCUT2D eigenvalue weighted by molar-refractivity contribution is 7.99. The van der Waals surface area contributed by atoms with Crippen LogP contribution in [-0.2, 0) is 7.05 Å². The van der Waals surface area contributed by atoms with Crippen LogP contribution in [0.2, 0.25) is 0 Å². The largest absolute Gasteiger partial charge is 0.493 e. The van der Waals surface area contributed by atoms with Crippen LogP contribution in [0.1, 0.15) is 0 Å². The highest BCUT2D eigenvalue weighted by Gasteiger charge is 2.07. The zero-order chi connectivity index (χ0) is 14.7. The number of hydrogen-bond donors (Lipinski definition) is 0. The van der Waals surface area contributed by atoms with Crippen molar-refractivity contribution in [3.63, 3.8) is 0 Å². The lowest BCUT2D eigenvalue weighted by atomic mass is 10.3. The number of fused-ring (bicyclic) bond motifs is 1. The van der Waals surface area contributed by atoms with E-state index in [1.807, 2.05) is 25.2 Å². The minimum Gasteiger partial charge on any atom is -0.493 e. The van der Waals surface area contributed by atoms with Gasteiger partial charge in [0.05, 0.1) is 17.6 Å². The number of ether oxygens (including phenoxy) is 1. The number of imidazole rings is 1. The average Bonchev–Trinajstić information content (AvgIpc) is 2.82. The van der Waals surface area contributed by atoms with Gasteiger partial charge in [0.2, 0.25) is 0 Å². The molecule has 0 saturated carbocycles. The summed E-state index contributed by atoms with van der Waals surface area (Å²) < 4.78 is 20.4. The molecular weight excluding hydrogens is 287 g/mol. The normalized spacial score (nSPS) is 11.0. The molecule has 0 atom stereocenters. The van der Waals surface area contributed by atoms with E-state index in [0.29, 0.717) is 12.4 Å². The quantitative estimate of drug-likeness (QED) is 0.528. The maximum absolute atomic E-state index is 12.8. The number of halogens is 1. The molecule has 0 fully saturated rings. The topological polar surface area (TPSA) is 27.1 Å². The van der Waals surface area contributed by atoms with Crippen molar-refractivity contribution in [2.24, 2.45) is 7.05 Å². The van der Waals surface area contributed by atoms with Crippen molar-refractivity contribution >= 4 is 22.8 Å². The SMILES string of the molecule is Cn1c(SCCOc2ccc(F)cc2)nc2ccccc21. The van der Waals surface area contributed by atoms with Crippen LogP contribution in [0, 0.1) is 5.82 Å². The Labute approximate surface area is 126 Å². The molecule has 0 aliphatic heterocycles. The van der Waals surface area contributed by atoms with E-state index >= 15 is 0 Å². The number of benzene rings is 2. The zero-order valence-corrected chi connectivity index (χ0v) is 12.4. The van der Waals surface area contributed by atoms with E-state index in [-0.39, 0.29) is 5.82 Å². The molecule has 3 rings (SSSR count). The van der Waals surface area contributed by atoms with Crippen LogP contribution >= 0.6 is 11.8 Å².